The van der Waals surface area contributed by atoms with Crippen molar-refractivity contribution in [3.05, 3.63) is 100 Å². The van der Waals surface area contributed by atoms with Gasteiger partial charge in [-0.15, -0.1) is 13.2 Å². The zero-order chi connectivity index (χ0) is 36.0. The van der Waals surface area contributed by atoms with Crippen molar-refractivity contribution < 1.29 is 27.2 Å². The Kier molecular flexibility index (Phi) is 15.7. The smallest absolute Gasteiger partial charge is 0.406 e. The number of rotatable bonds is 13. The van der Waals surface area contributed by atoms with Gasteiger partial charge in [-0.25, -0.2) is 0 Å². The first-order chi connectivity index (χ1) is 23.4. The van der Waals surface area contributed by atoms with Gasteiger partial charge in [0.15, 0.2) is 5.76 Å². The highest BCUT2D eigenvalue weighted by Gasteiger charge is 2.31. The van der Waals surface area contributed by atoms with Crippen LogP contribution in [0.3, 0.4) is 0 Å². The van der Waals surface area contributed by atoms with Crippen LogP contribution < -0.4 is 10.5 Å². The molecule has 2 unspecified atom stereocenters. The van der Waals surface area contributed by atoms with E-state index >= 15 is 0 Å². The van der Waals surface area contributed by atoms with Crippen LogP contribution in [0.25, 0.3) is 16.9 Å². The third-order valence-corrected chi connectivity index (χ3v) is 9.24. The highest BCUT2D eigenvalue weighted by Crippen LogP contribution is 2.34. The number of allylic oxidation sites excluding steroid dienone is 4. The number of nitrogens with two attached hydrogens (primary N) is 1. The number of hydrogen-bond donors (Lipinski definition) is 1. The van der Waals surface area contributed by atoms with Crippen molar-refractivity contribution in [1.82, 2.24) is 5.16 Å². The van der Waals surface area contributed by atoms with Crippen molar-refractivity contribution in [3.8, 4) is 17.1 Å². The molecule has 49 heavy (non-hydrogen) atoms. The lowest BCUT2D eigenvalue weighted by Gasteiger charge is -2.18. The minimum atomic E-state index is -4.72. The summed E-state index contributed by atoms with van der Waals surface area (Å²) in [5.41, 5.74) is 14.6. The quantitative estimate of drug-likeness (QED) is 0.141. The number of hydrogen-bond acceptors (Lipinski definition) is 7. The molecule has 0 spiro atoms. The molecule has 0 aliphatic carbocycles. The lowest BCUT2D eigenvalue weighted by atomic mass is 9.91. The molecular formula is C39H50F3N3O3S. The number of alkyl halides is 3. The van der Waals surface area contributed by atoms with Crippen LogP contribution in [0.4, 0.5) is 13.2 Å². The number of ether oxygens (including phenoxy) is 2. The maximum absolute atomic E-state index is 12.4. The molecule has 1 aromatic heterocycles. The van der Waals surface area contributed by atoms with Gasteiger partial charge >= 0.3 is 6.36 Å². The van der Waals surface area contributed by atoms with E-state index in [0.29, 0.717) is 17.9 Å². The third-order valence-electron chi connectivity index (χ3n) is 8.14. The lowest BCUT2D eigenvalue weighted by molar-refractivity contribution is -0.274. The number of aromatic nitrogens is 1. The van der Waals surface area contributed by atoms with Gasteiger partial charge in [0.1, 0.15) is 5.75 Å². The number of nitrogens with zero attached hydrogens (tertiary/aromatic N) is 2. The molecule has 0 bridgehead atoms. The lowest BCUT2D eigenvalue weighted by Crippen LogP contribution is -2.17. The number of unbranched alkanes of at least 4 members (excludes halogenated alkanes) is 1. The topological polar surface area (TPSA) is 82.9 Å². The minimum Gasteiger partial charge on any atom is -0.406 e. The van der Waals surface area contributed by atoms with Crippen molar-refractivity contribution in [1.29, 1.82) is 0 Å². The molecule has 266 valence electrons. The van der Waals surface area contributed by atoms with Gasteiger partial charge in [-0.1, -0.05) is 74.0 Å². The van der Waals surface area contributed by atoms with E-state index in [-0.39, 0.29) is 5.75 Å². The van der Waals surface area contributed by atoms with Crippen LogP contribution >= 0.6 is 11.8 Å². The molecule has 6 nitrogen and oxygen atoms in total. The van der Waals surface area contributed by atoms with E-state index in [1.165, 1.54) is 30.5 Å². The van der Waals surface area contributed by atoms with Gasteiger partial charge in [-0.3, -0.25) is 4.99 Å². The van der Waals surface area contributed by atoms with Crippen molar-refractivity contribution in [3.63, 3.8) is 0 Å². The first-order valence-electron chi connectivity index (χ1n) is 16.8. The van der Waals surface area contributed by atoms with Gasteiger partial charge in [-0.05, 0) is 89.1 Å². The Hall–Kier alpha value is -3.76. The molecule has 2 atom stereocenters. The number of thioether (sulfide) groups is 1. The van der Waals surface area contributed by atoms with Crippen LogP contribution in [-0.2, 0) is 10.5 Å². The molecule has 4 rings (SSSR count). The highest BCUT2D eigenvalue weighted by atomic mass is 32.2. The number of benzene rings is 2. The average molecular weight is 698 g/mol. The monoisotopic (exact) mass is 697 g/mol. The van der Waals surface area contributed by atoms with Gasteiger partial charge in [0.25, 0.3) is 0 Å². The minimum absolute atomic E-state index is 0.256. The SMILES string of the molecule is CC=N/C(C)=C(C(=C\CCC)/c1ccc(OC(F)(F)F)cc1)\C(N)=C(/C)CC.Cc1noc(-c2ccccc2)c1CSCC1CCC(C)O1. The summed E-state index contributed by atoms with van der Waals surface area (Å²) in [6.45, 7) is 13.9. The zero-order valence-electron chi connectivity index (χ0n) is 29.7. The molecular weight excluding hydrogens is 648 g/mol. The molecule has 2 aromatic carbocycles. The normalized spacial score (nSPS) is 17.8. The molecule has 0 amide bonds. The molecule has 10 heteroatoms. The van der Waals surface area contributed by atoms with E-state index < -0.39 is 6.36 Å². The number of aryl methyl sites for hydroxylation is 1. The Labute approximate surface area is 293 Å². The molecule has 1 aliphatic heterocycles. The van der Waals surface area contributed by atoms with Crippen LogP contribution in [0, 0.1) is 6.92 Å². The van der Waals surface area contributed by atoms with Gasteiger partial charge in [0, 0.05) is 45.8 Å². The van der Waals surface area contributed by atoms with E-state index in [4.69, 9.17) is 15.0 Å². The van der Waals surface area contributed by atoms with Crippen LogP contribution in [0.5, 0.6) is 5.75 Å². The third kappa shape index (κ3) is 12.3. The molecule has 0 radical (unpaired) electrons. The summed E-state index contributed by atoms with van der Waals surface area (Å²) in [7, 11) is 0. The first kappa shape index (κ1) is 39.7. The molecule has 1 aliphatic rings. The second kappa shape index (κ2) is 19.4. The maximum Gasteiger partial charge on any atom is 0.573 e. The Morgan fingerprint density at radius 2 is 1.78 bits per heavy atom. The molecule has 0 saturated carbocycles. The molecule has 3 aromatic rings. The van der Waals surface area contributed by atoms with E-state index in [0.717, 1.165) is 75.8 Å². The molecule has 2 heterocycles. The summed E-state index contributed by atoms with van der Waals surface area (Å²) in [6, 6.07) is 16.0. The molecule has 1 saturated heterocycles. The summed E-state index contributed by atoms with van der Waals surface area (Å²) in [5, 5.41) is 4.14. The van der Waals surface area contributed by atoms with Crippen molar-refractivity contribution in [2.45, 2.75) is 105 Å². The first-order valence-corrected chi connectivity index (χ1v) is 18.0. The van der Waals surface area contributed by atoms with E-state index in [1.54, 1.807) is 18.3 Å². The largest absolute Gasteiger partial charge is 0.573 e. The standard InChI is InChI=1S/C22H29F3N2O.C17H21NO2S/c1-6-9-10-19(17-11-13-18(14-12-17)28-22(23,24)25)20(16(5)27-8-3)21(26)15(4)7-2;1-12-8-9-15(19-12)10-21-11-16-13(2)18-20-17(16)14-6-4-3-5-7-14/h8,10-14H,6-7,9,26H2,1-5H3;3-7,12,15H,8-11H2,1-2H3/b19-10-,20-16-,21-15-,27-8?;. The van der Waals surface area contributed by atoms with Crippen LogP contribution in [0.15, 0.2) is 92.7 Å². The Morgan fingerprint density at radius 1 is 1.08 bits per heavy atom. The summed E-state index contributed by atoms with van der Waals surface area (Å²) < 4.78 is 52.7. The Bertz CT molecular complexity index is 1590. The second-order valence-corrected chi connectivity index (χ2v) is 13.0. The second-order valence-electron chi connectivity index (χ2n) is 12.0. The fraction of sp³-hybridized carbons (Fsp3) is 0.436. The van der Waals surface area contributed by atoms with Crippen LogP contribution in [0.1, 0.15) is 90.5 Å². The molecule has 1 fully saturated rings. The fourth-order valence-corrected chi connectivity index (χ4v) is 6.53. The van der Waals surface area contributed by atoms with E-state index in [1.807, 2.05) is 64.6 Å². The Morgan fingerprint density at radius 3 is 2.35 bits per heavy atom. The van der Waals surface area contributed by atoms with Crippen LogP contribution in [-0.4, -0.2) is 35.7 Å². The highest BCUT2D eigenvalue weighted by molar-refractivity contribution is 7.98. The van der Waals surface area contributed by atoms with E-state index in [9.17, 15) is 13.2 Å². The van der Waals surface area contributed by atoms with Crippen molar-refractivity contribution in [2.75, 3.05) is 5.75 Å². The van der Waals surface area contributed by atoms with Crippen molar-refractivity contribution >= 4 is 23.5 Å². The summed E-state index contributed by atoms with van der Waals surface area (Å²) in [4.78, 5) is 4.41. The number of aliphatic imine (C=N–C) groups is 1. The summed E-state index contributed by atoms with van der Waals surface area (Å²) in [6.07, 6.45) is 4.76. The van der Waals surface area contributed by atoms with Crippen molar-refractivity contribution in [2.24, 2.45) is 10.7 Å². The zero-order valence-corrected chi connectivity index (χ0v) is 30.5. The van der Waals surface area contributed by atoms with Gasteiger partial charge in [0.05, 0.1) is 17.9 Å². The Balaban J connectivity index is 0.000000275. The van der Waals surface area contributed by atoms with Crippen LogP contribution in [0.2, 0.25) is 0 Å². The predicted octanol–water partition coefficient (Wildman–Crippen LogP) is 11.2. The average Bonchev–Trinajstić information content (AvgIpc) is 3.67. The maximum atomic E-state index is 12.4. The van der Waals surface area contributed by atoms with E-state index in [2.05, 4.69) is 46.9 Å². The van der Waals surface area contributed by atoms with Gasteiger partial charge < -0.3 is 19.7 Å². The summed E-state index contributed by atoms with van der Waals surface area (Å²) >= 11 is 1.91. The predicted molar refractivity (Wildman–Crippen MR) is 196 cm³/mol. The molecule has 2 N–H and O–H groups in total. The fourth-order valence-electron chi connectivity index (χ4n) is 5.36. The summed E-state index contributed by atoms with van der Waals surface area (Å²) in [5.74, 6) is 2.62. The number of halogens is 3. The van der Waals surface area contributed by atoms with Gasteiger partial charge in [0.2, 0.25) is 0 Å². The van der Waals surface area contributed by atoms with Gasteiger partial charge in [-0.2, -0.15) is 11.8 Å².